The molecule has 0 aliphatic carbocycles. The van der Waals surface area contributed by atoms with E-state index in [1.54, 1.807) is 12.1 Å². The Kier molecular flexibility index (Phi) is 20.5. The van der Waals surface area contributed by atoms with Crippen LogP contribution in [0.25, 0.3) is 6.08 Å². The summed E-state index contributed by atoms with van der Waals surface area (Å²) in [6, 6.07) is 77.8. The van der Waals surface area contributed by atoms with E-state index in [-0.39, 0.29) is 74.6 Å². The Morgan fingerprint density at radius 1 is 0.434 bits per heavy atom. The molecule has 10 rings (SSSR count). The van der Waals surface area contributed by atoms with Gasteiger partial charge >= 0.3 is 5.97 Å². The van der Waals surface area contributed by atoms with Gasteiger partial charge in [0, 0.05) is 13.0 Å². The summed E-state index contributed by atoms with van der Waals surface area (Å²) < 4.78 is 61.7. The van der Waals surface area contributed by atoms with Crippen molar-refractivity contribution in [3.63, 3.8) is 0 Å². The Balaban J connectivity index is 1.13. The molecule has 420 valence electrons. The van der Waals surface area contributed by atoms with E-state index in [1.165, 1.54) is 13.0 Å². The van der Waals surface area contributed by atoms with Crippen LogP contribution in [0.1, 0.15) is 73.5 Å². The number of hydrogen-bond acceptors (Lipinski definition) is 11. The largest absolute Gasteiger partial charge is 0.489 e. The molecule has 1 heterocycles. The van der Waals surface area contributed by atoms with Gasteiger partial charge in [-0.1, -0.05) is 231 Å². The Morgan fingerprint density at radius 3 is 1.29 bits per heavy atom. The first kappa shape index (κ1) is 57.3. The molecule has 1 aliphatic rings. The molecular formula is C72H66O11. The van der Waals surface area contributed by atoms with Crippen LogP contribution in [0.4, 0.5) is 0 Å². The molecule has 0 radical (unpaired) electrons. The molecule has 0 bridgehead atoms. The summed E-state index contributed by atoms with van der Waals surface area (Å²) in [4.78, 5) is 29.4. The van der Waals surface area contributed by atoms with E-state index >= 15 is 4.79 Å². The van der Waals surface area contributed by atoms with Crippen LogP contribution >= 0.6 is 0 Å². The third-order valence-electron chi connectivity index (χ3n) is 13.9. The summed E-state index contributed by atoms with van der Waals surface area (Å²) in [5.74, 6) is -0.360. The molecule has 1 saturated heterocycles. The first-order valence-electron chi connectivity index (χ1n) is 27.9. The Bertz CT molecular complexity index is 3440. The summed E-state index contributed by atoms with van der Waals surface area (Å²) in [6.45, 7) is 2.62. The molecule has 0 unspecified atom stereocenters. The minimum Gasteiger partial charge on any atom is -0.489 e. The number of benzene rings is 9. The zero-order valence-corrected chi connectivity index (χ0v) is 46.3. The van der Waals surface area contributed by atoms with Crippen molar-refractivity contribution >= 4 is 17.8 Å². The molecule has 9 aromatic rings. The van der Waals surface area contributed by atoms with E-state index in [2.05, 4.69) is 0 Å². The van der Waals surface area contributed by atoms with E-state index in [0.717, 1.165) is 44.5 Å². The van der Waals surface area contributed by atoms with Crippen molar-refractivity contribution in [2.75, 3.05) is 6.61 Å². The maximum atomic E-state index is 15.5. The van der Waals surface area contributed by atoms with E-state index in [4.69, 9.17) is 42.6 Å². The number of ketones is 1. The lowest BCUT2D eigenvalue weighted by molar-refractivity contribution is -0.275. The average molecular weight is 1110 g/mol. The SMILES string of the molecule is CC(=O)Oc1c(C(=O)/C=C/c2ccc(OCc3ccccc3)cc2)c(OCc2ccccc2)cc(OCc2ccccc2)c1[C@@H]1O[C@H](COCc2ccccc2)[C@@H](OCc2ccccc2)[C@H](OCc2ccccc2)[C@H]1OCc1ccccc1. The van der Waals surface area contributed by atoms with E-state index in [0.29, 0.717) is 12.4 Å². The molecule has 9 aromatic carbocycles. The van der Waals surface area contributed by atoms with Crippen LogP contribution < -0.4 is 18.9 Å². The number of ether oxygens (including phenoxy) is 9. The fourth-order valence-electron chi connectivity index (χ4n) is 9.78. The van der Waals surface area contributed by atoms with Gasteiger partial charge in [0.1, 0.15) is 73.2 Å². The van der Waals surface area contributed by atoms with Gasteiger partial charge in [-0.05, 0) is 62.7 Å². The minimum atomic E-state index is -1.19. The number of carbonyl (C=O) groups excluding carboxylic acids is 2. The van der Waals surface area contributed by atoms with Crippen molar-refractivity contribution in [3.05, 3.63) is 304 Å². The maximum Gasteiger partial charge on any atom is 0.308 e. The van der Waals surface area contributed by atoms with Gasteiger partial charge < -0.3 is 42.6 Å². The molecule has 0 N–H and O–H groups in total. The van der Waals surface area contributed by atoms with Gasteiger partial charge in [-0.15, -0.1) is 0 Å². The van der Waals surface area contributed by atoms with Gasteiger partial charge in [0.05, 0.1) is 38.6 Å². The van der Waals surface area contributed by atoms with Crippen LogP contribution in [0, 0.1) is 0 Å². The highest BCUT2D eigenvalue weighted by molar-refractivity contribution is 6.11. The molecule has 0 spiro atoms. The highest BCUT2D eigenvalue weighted by Crippen LogP contribution is 2.50. The Morgan fingerprint density at radius 2 is 0.831 bits per heavy atom. The maximum absolute atomic E-state index is 15.5. The number of allylic oxidation sites excluding steroid dienone is 1. The lowest BCUT2D eigenvalue weighted by atomic mass is 9.87. The average Bonchev–Trinajstić information content (AvgIpc) is 3.57. The molecule has 83 heavy (non-hydrogen) atoms. The number of hydrogen-bond donors (Lipinski definition) is 0. The smallest absolute Gasteiger partial charge is 0.308 e. The monoisotopic (exact) mass is 1110 g/mol. The lowest BCUT2D eigenvalue weighted by Gasteiger charge is -2.47. The molecule has 1 fully saturated rings. The predicted molar refractivity (Wildman–Crippen MR) is 319 cm³/mol. The summed E-state index contributed by atoms with van der Waals surface area (Å²) >= 11 is 0. The summed E-state index contributed by atoms with van der Waals surface area (Å²) in [5.41, 5.74) is 7.33. The second kappa shape index (κ2) is 29.7. The van der Waals surface area contributed by atoms with Gasteiger partial charge in [-0.3, -0.25) is 9.59 Å². The third kappa shape index (κ3) is 16.4. The highest BCUT2D eigenvalue weighted by Gasteiger charge is 2.51. The quantitative estimate of drug-likeness (QED) is 0.0212. The van der Waals surface area contributed by atoms with Crippen LogP contribution in [-0.2, 0) is 74.7 Å². The first-order chi connectivity index (χ1) is 40.9. The summed E-state index contributed by atoms with van der Waals surface area (Å²) in [5, 5.41) is 0. The van der Waals surface area contributed by atoms with Crippen LogP contribution in [0.5, 0.6) is 23.0 Å². The molecule has 0 saturated carbocycles. The molecule has 5 atom stereocenters. The standard InChI is InChI=1S/C72H66O11/c1-52(73)82-69-66(62(74)42-39-53-37-40-61(41-38-53)76-45-55-25-11-3-12-26-55)63(77-46-56-27-13-4-14-28-56)43-64(78-47-57-29-15-5-16-30-57)67(69)70-72(81-50-60-35-21-8-22-36-60)71(80-49-59-33-19-7-20-34-59)68(79-48-58-31-17-6-18-32-58)65(83-70)51-75-44-54-23-9-2-10-24-54/h2-43,65,68,70-72H,44-51H2,1H3/b42-39+/t65-,68-,70+,71+,72+/m1/s1. The molecule has 0 amide bonds. The number of rotatable bonds is 27. The summed E-state index contributed by atoms with van der Waals surface area (Å²) in [6.07, 6.45) is -1.65. The van der Waals surface area contributed by atoms with Crippen molar-refractivity contribution in [1.82, 2.24) is 0 Å². The van der Waals surface area contributed by atoms with Crippen LogP contribution in [0.15, 0.2) is 249 Å². The summed E-state index contributed by atoms with van der Waals surface area (Å²) in [7, 11) is 0. The molecule has 11 heteroatoms. The molecular weight excluding hydrogens is 1040 g/mol. The van der Waals surface area contributed by atoms with Gasteiger partial charge in [0.2, 0.25) is 0 Å². The third-order valence-corrected chi connectivity index (χ3v) is 13.9. The lowest BCUT2D eigenvalue weighted by Crippen LogP contribution is -2.58. The Labute approximate surface area is 485 Å². The van der Waals surface area contributed by atoms with Gasteiger partial charge in [-0.2, -0.15) is 0 Å². The van der Waals surface area contributed by atoms with Crippen molar-refractivity contribution < 1.29 is 52.2 Å². The Hall–Kier alpha value is -8.94. The number of carbonyl (C=O) groups is 2. The zero-order valence-electron chi connectivity index (χ0n) is 46.3. The number of esters is 1. The topological polar surface area (TPSA) is 117 Å². The van der Waals surface area contributed by atoms with Gasteiger partial charge in [-0.25, -0.2) is 0 Å². The first-order valence-corrected chi connectivity index (χ1v) is 27.9. The fraction of sp³-hybridized carbons (Fsp3) is 0.194. The zero-order chi connectivity index (χ0) is 56.8. The van der Waals surface area contributed by atoms with E-state index in [9.17, 15) is 4.79 Å². The van der Waals surface area contributed by atoms with E-state index < -0.39 is 42.3 Å². The van der Waals surface area contributed by atoms with Crippen LogP contribution in [0.2, 0.25) is 0 Å². The van der Waals surface area contributed by atoms with E-state index in [1.807, 2.05) is 237 Å². The van der Waals surface area contributed by atoms with Gasteiger partial charge in [0.25, 0.3) is 0 Å². The molecule has 1 aliphatic heterocycles. The fourth-order valence-corrected chi connectivity index (χ4v) is 9.78. The highest BCUT2D eigenvalue weighted by atomic mass is 16.6. The second-order valence-electron chi connectivity index (χ2n) is 20.1. The predicted octanol–water partition coefficient (Wildman–Crippen LogP) is 14.7. The minimum absolute atomic E-state index is 0.0352. The van der Waals surface area contributed by atoms with Crippen LogP contribution in [-0.4, -0.2) is 42.8 Å². The van der Waals surface area contributed by atoms with Crippen LogP contribution in [0.3, 0.4) is 0 Å². The normalized spacial score (nSPS) is 16.7. The molecule has 0 aromatic heterocycles. The van der Waals surface area contributed by atoms with Crippen molar-refractivity contribution in [3.8, 4) is 23.0 Å². The van der Waals surface area contributed by atoms with Gasteiger partial charge in [0.15, 0.2) is 11.5 Å². The molecule has 11 nitrogen and oxygen atoms in total. The van der Waals surface area contributed by atoms with Crippen molar-refractivity contribution in [2.45, 2.75) is 83.7 Å². The van der Waals surface area contributed by atoms with Crippen molar-refractivity contribution in [2.24, 2.45) is 0 Å². The van der Waals surface area contributed by atoms with Crippen molar-refractivity contribution in [1.29, 1.82) is 0 Å². The second-order valence-corrected chi connectivity index (χ2v) is 20.1.